The Bertz CT molecular complexity index is 2080. The predicted octanol–water partition coefficient (Wildman–Crippen LogP) is 6.74. The van der Waals surface area contributed by atoms with Crippen molar-refractivity contribution >= 4 is 32.4 Å². The Morgan fingerprint density at radius 2 is 1.72 bits per heavy atom. The van der Waals surface area contributed by atoms with Crippen molar-refractivity contribution in [3.8, 4) is 11.4 Å². The van der Waals surface area contributed by atoms with Gasteiger partial charge in [0.05, 0.1) is 16.1 Å². The lowest BCUT2D eigenvalue weighted by Gasteiger charge is -2.39. The van der Waals surface area contributed by atoms with Crippen LogP contribution in [0.4, 0.5) is 11.5 Å². The Kier molecular flexibility index (Phi) is 8.09. The van der Waals surface area contributed by atoms with E-state index in [-0.39, 0.29) is 10.9 Å². The third-order valence-corrected chi connectivity index (χ3v) is 11.5. The highest BCUT2D eigenvalue weighted by molar-refractivity contribution is 7.90. The maximum atomic E-state index is 13.9. The molecule has 1 saturated heterocycles. The van der Waals surface area contributed by atoms with Crippen LogP contribution in [0.5, 0.6) is 0 Å². The van der Waals surface area contributed by atoms with Crippen LogP contribution >= 0.6 is 0 Å². The lowest BCUT2D eigenvalue weighted by molar-refractivity contribution is 0.494. The van der Waals surface area contributed by atoms with E-state index in [1.807, 2.05) is 44.2 Å². The summed E-state index contributed by atoms with van der Waals surface area (Å²) < 4.78 is 29.1. The normalized spacial score (nSPS) is 17.0. The molecule has 0 aliphatic carbocycles. The number of nitrogens with one attached hydrogen (secondary N) is 1. The van der Waals surface area contributed by atoms with Gasteiger partial charge in [-0.05, 0) is 74.6 Å². The Balaban J connectivity index is 1.36. The summed E-state index contributed by atoms with van der Waals surface area (Å²) >= 11 is 0. The van der Waals surface area contributed by atoms with Gasteiger partial charge in [-0.3, -0.25) is 0 Å². The molecule has 2 aromatic heterocycles. The first-order chi connectivity index (χ1) is 22.5. The van der Waals surface area contributed by atoms with Crippen LogP contribution in [0.2, 0.25) is 0 Å². The van der Waals surface area contributed by atoms with Crippen molar-refractivity contribution in [1.82, 2.24) is 19.3 Å². The second-order valence-electron chi connectivity index (χ2n) is 13.5. The van der Waals surface area contributed by atoms with Gasteiger partial charge in [-0.25, -0.2) is 22.4 Å². The molecule has 0 bridgehead atoms. The zero-order valence-electron chi connectivity index (χ0n) is 28.2. The monoisotopic (exact) mass is 648 g/mol. The van der Waals surface area contributed by atoms with Gasteiger partial charge in [-0.15, -0.1) is 0 Å². The zero-order chi connectivity index (χ0) is 33.0. The summed E-state index contributed by atoms with van der Waals surface area (Å²) in [5.74, 6) is 2.10. The van der Waals surface area contributed by atoms with E-state index in [1.165, 1.54) is 26.4 Å². The molecule has 0 amide bonds. The fourth-order valence-electron chi connectivity index (χ4n) is 7.10. The van der Waals surface area contributed by atoms with Crippen LogP contribution < -0.4 is 15.1 Å². The van der Waals surface area contributed by atoms with Crippen LogP contribution in [-0.4, -0.2) is 54.6 Å². The lowest BCUT2D eigenvalue weighted by atomic mass is 9.98. The third kappa shape index (κ3) is 5.59. The van der Waals surface area contributed by atoms with E-state index < -0.39 is 10.0 Å². The molecule has 0 radical (unpaired) electrons. The van der Waals surface area contributed by atoms with E-state index in [0.717, 1.165) is 72.7 Å². The molecule has 3 aromatic carbocycles. The van der Waals surface area contributed by atoms with Crippen LogP contribution in [0.15, 0.2) is 71.8 Å². The third-order valence-electron chi connectivity index (χ3n) is 9.86. The number of aryl methyl sites for hydroxylation is 3. The molecule has 7 rings (SSSR count). The molecule has 4 heterocycles. The molecule has 5 aromatic rings. The van der Waals surface area contributed by atoms with Crippen molar-refractivity contribution in [3.63, 3.8) is 0 Å². The van der Waals surface area contributed by atoms with Crippen molar-refractivity contribution in [2.75, 3.05) is 36.0 Å². The lowest BCUT2D eigenvalue weighted by Crippen LogP contribution is -2.51. The summed E-state index contributed by atoms with van der Waals surface area (Å²) in [6.07, 6.45) is 2.54. The first-order valence-electron chi connectivity index (χ1n) is 16.7. The van der Waals surface area contributed by atoms with Crippen LogP contribution in [0.25, 0.3) is 22.3 Å². The number of hydrogen-bond donors (Lipinski definition) is 1. The maximum absolute atomic E-state index is 13.9. The summed E-state index contributed by atoms with van der Waals surface area (Å²) in [5.41, 5.74) is 9.54. The number of aromatic nitrogens is 3. The van der Waals surface area contributed by atoms with E-state index in [1.54, 1.807) is 18.3 Å². The number of benzene rings is 3. The molecule has 0 spiro atoms. The molecule has 1 N–H and O–H groups in total. The Hall–Kier alpha value is -4.21. The minimum absolute atomic E-state index is 0.268. The maximum Gasteiger partial charge on any atom is 0.268 e. The molecule has 244 valence electrons. The van der Waals surface area contributed by atoms with Crippen molar-refractivity contribution in [3.05, 3.63) is 100 Å². The van der Waals surface area contributed by atoms with Gasteiger partial charge in [0.15, 0.2) is 5.82 Å². The fraction of sp³-hybridized carbons (Fsp3) is 0.368. The number of piperazine rings is 1. The van der Waals surface area contributed by atoms with Gasteiger partial charge in [-0.2, -0.15) is 0 Å². The van der Waals surface area contributed by atoms with Crippen LogP contribution in [0.3, 0.4) is 0 Å². The summed E-state index contributed by atoms with van der Waals surface area (Å²) in [6, 6.07) is 19.9. The number of nitrogens with zero attached hydrogens (tertiary/aromatic N) is 5. The number of anilines is 2. The molecule has 1 fully saturated rings. The molecule has 1 unspecified atom stereocenters. The minimum atomic E-state index is -3.80. The Morgan fingerprint density at radius 1 is 0.936 bits per heavy atom. The molecular formula is C38H44N6O2S. The Labute approximate surface area is 278 Å². The molecule has 2 aliphatic heterocycles. The average molecular weight is 649 g/mol. The van der Waals surface area contributed by atoms with Crippen molar-refractivity contribution in [1.29, 1.82) is 0 Å². The van der Waals surface area contributed by atoms with E-state index >= 15 is 0 Å². The van der Waals surface area contributed by atoms with E-state index in [4.69, 9.17) is 9.97 Å². The SMILES string of the molecule is Cc1ccc(S(=O)(=O)n2cc(C)c3c(-c4nc5c(c(N6CCNCC6C)n4)CN(c4cc(C(C)C)ccc4C)CC5)cccc32)cc1. The Morgan fingerprint density at radius 3 is 2.47 bits per heavy atom. The molecule has 9 heteroatoms. The van der Waals surface area contributed by atoms with Crippen molar-refractivity contribution in [2.24, 2.45) is 0 Å². The largest absolute Gasteiger partial charge is 0.366 e. The topological polar surface area (TPSA) is 83.4 Å². The van der Waals surface area contributed by atoms with Gasteiger partial charge in [0.1, 0.15) is 5.82 Å². The first kappa shape index (κ1) is 31.4. The van der Waals surface area contributed by atoms with Crippen LogP contribution in [0.1, 0.15) is 60.2 Å². The van der Waals surface area contributed by atoms with Crippen molar-refractivity contribution < 1.29 is 8.42 Å². The van der Waals surface area contributed by atoms with Crippen LogP contribution in [0, 0.1) is 20.8 Å². The molecule has 0 saturated carbocycles. The number of hydrogen-bond acceptors (Lipinski definition) is 7. The van der Waals surface area contributed by atoms with Gasteiger partial charge in [-0.1, -0.05) is 55.8 Å². The van der Waals surface area contributed by atoms with Crippen molar-refractivity contribution in [2.45, 2.75) is 71.4 Å². The van der Waals surface area contributed by atoms with Gasteiger partial charge in [0.2, 0.25) is 0 Å². The quantitative estimate of drug-likeness (QED) is 0.218. The highest BCUT2D eigenvalue weighted by atomic mass is 32.2. The predicted molar refractivity (Wildman–Crippen MR) is 191 cm³/mol. The molecule has 47 heavy (non-hydrogen) atoms. The second-order valence-corrected chi connectivity index (χ2v) is 15.4. The van der Waals surface area contributed by atoms with Gasteiger partial charge in [0.25, 0.3) is 10.0 Å². The molecule has 2 aliphatic rings. The van der Waals surface area contributed by atoms with Crippen LogP contribution in [-0.2, 0) is 23.0 Å². The standard InChI is InChI=1S/C38H44N6O2S/c1-24(2)29-13-12-26(4)35(20-29)42-18-16-33-32(23-42)38(43-19-17-39-21-28(43)6)41-37(40-33)31-8-7-9-34-36(31)27(5)22-44(34)47(45,46)30-14-10-25(3)11-15-30/h7-15,20,22,24,28,39H,16-19,21,23H2,1-6H3. The van der Waals surface area contributed by atoms with E-state index in [9.17, 15) is 8.42 Å². The van der Waals surface area contributed by atoms with E-state index in [0.29, 0.717) is 17.3 Å². The molecule has 1 atom stereocenters. The minimum Gasteiger partial charge on any atom is -0.366 e. The molecular weight excluding hydrogens is 605 g/mol. The summed E-state index contributed by atoms with van der Waals surface area (Å²) in [5, 5.41) is 4.39. The zero-order valence-corrected chi connectivity index (χ0v) is 29.0. The molecule has 8 nitrogen and oxygen atoms in total. The summed E-state index contributed by atoms with van der Waals surface area (Å²) in [6.45, 7) is 17.1. The highest BCUT2D eigenvalue weighted by Crippen LogP contribution is 2.38. The summed E-state index contributed by atoms with van der Waals surface area (Å²) in [7, 11) is -3.80. The van der Waals surface area contributed by atoms with Gasteiger partial charge < -0.3 is 15.1 Å². The second kappa shape index (κ2) is 12.1. The average Bonchev–Trinajstić information content (AvgIpc) is 3.42. The van der Waals surface area contributed by atoms with E-state index in [2.05, 4.69) is 61.0 Å². The van der Waals surface area contributed by atoms with Gasteiger partial charge >= 0.3 is 0 Å². The smallest absolute Gasteiger partial charge is 0.268 e. The number of rotatable bonds is 6. The number of fused-ring (bicyclic) bond motifs is 2. The first-order valence-corrected chi connectivity index (χ1v) is 18.1. The fourth-order valence-corrected chi connectivity index (χ4v) is 8.51. The van der Waals surface area contributed by atoms with Gasteiger partial charge in [0, 0.05) is 73.6 Å². The highest BCUT2D eigenvalue weighted by Gasteiger charge is 2.30. The summed E-state index contributed by atoms with van der Waals surface area (Å²) in [4.78, 5) is 15.8.